The Kier molecular flexibility index (Phi) is 13.0. The van der Waals surface area contributed by atoms with Crippen LogP contribution in [0, 0.1) is 0 Å². The van der Waals surface area contributed by atoms with E-state index in [9.17, 15) is 0 Å². The van der Waals surface area contributed by atoms with Crippen molar-refractivity contribution in [2.45, 2.75) is 46.3 Å². The maximum absolute atomic E-state index is 5.48. The van der Waals surface area contributed by atoms with Gasteiger partial charge in [0.1, 0.15) is 5.75 Å². The predicted molar refractivity (Wildman–Crippen MR) is 127 cm³/mol. The van der Waals surface area contributed by atoms with Gasteiger partial charge in [-0.3, -0.25) is 9.89 Å². The van der Waals surface area contributed by atoms with E-state index in [1.165, 1.54) is 0 Å². The van der Waals surface area contributed by atoms with Gasteiger partial charge in [0.05, 0.1) is 21.3 Å². The summed E-state index contributed by atoms with van der Waals surface area (Å²) < 4.78 is 16.2. The summed E-state index contributed by atoms with van der Waals surface area (Å²) in [6, 6.07) is 4.77. The third-order valence-corrected chi connectivity index (χ3v) is 4.45. The standard InChI is InChI=1S/C20H36N4O3.HI/c1-14(2)24(15(3)4)10-9-22-20(21-5)23-13-16-11-18(26-7)19(27-8)12-17(16)25-6;/h11-12,14-15H,9-10,13H2,1-8H3,(H2,21,22,23);1H. The fourth-order valence-electron chi connectivity index (χ4n) is 3.05. The first-order valence-corrected chi connectivity index (χ1v) is 9.37. The van der Waals surface area contributed by atoms with Gasteiger partial charge in [0.25, 0.3) is 0 Å². The molecule has 2 N–H and O–H groups in total. The van der Waals surface area contributed by atoms with Gasteiger partial charge in [0.15, 0.2) is 17.5 Å². The minimum atomic E-state index is 0. The molecule has 1 rings (SSSR count). The van der Waals surface area contributed by atoms with Crippen LogP contribution in [0.15, 0.2) is 17.1 Å². The summed E-state index contributed by atoms with van der Waals surface area (Å²) in [6.45, 7) is 11.2. The van der Waals surface area contributed by atoms with E-state index >= 15 is 0 Å². The third-order valence-electron chi connectivity index (χ3n) is 4.45. The molecule has 7 nitrogen and oxygen atoms in total. The Labute approximate surface area is 187 Å². The van der Waals surface area contributed by atoms with E-state index in [0.29, 0.717) is 30.1 Å². The molecule has 0 fully saturated rings. The Balaban J connectivity index is 0.00000729. The highest BCUT2D eigenvalue weighted by molar-refractivity contribution is 14.0. The van der Waals surface area contributed by atoms with Gasteiger partial charge in [-0.2, -0.15) is 0 Å². The Morgan fingerprint density at radius 2 is 1.46 bits per heavy atom. The van der Waals surface area contributed by atoms with Gasteiger partial charge in [0, 0.05) is 50.4 Å². The second-order valence-electron chi connectivity index (χ2n) is 6.80. The number of hydrogen-bond donors (Lipinski definition) is 2. The average Bonchev–Trinajstić information content (AvgIpc) is 2.65. The van der Waals surface area contributed by atoms with Crippen LogP contribution in [0.1, 0.15) is 33.3 Å². The van der Waals surface area contributed by atoms with Crippen molar-refractivity contribution in [3.63, 3.8) is 0 Å². The van der Waals surface area contributed by atoms with Crippen molar-refractivity contribution in [2.24, 2.45) is 4.99 Å². The lowest BCUT2D eigenvalue weighted by molar-refractivity contribution is 0.178. The van der Waals surface area contributed by atoms with Crippen molar-refractivity contribution in [3.8, 4) is 17.2 Å². The number of hydrogen-bond acceptors (Lipinski definition) is 5. The normalized spacial score (nSPS) is 11.5. The molecule has 0 aliphatic rings. The second kappa shape index (κ2) is 13.7. The molecule has 1 aromatic carbocycles. The Hall–Kier alpha value is -1.42. The number of guanidine groups is 1. The molecule has 8 heteroatoms. The third kappa shape index (κ3) is 7.90. The highest BCUT2D eigenvalue weighted by Gasteiger charge is 2.14. The van der Waals surface area contributed by atoms with Crippen LogP contribution < -0.4 is 24.8 Å². The van der Waals surface area contributed by atoms with Gasteiger partial charge in [-0.1, -0.05) is 0 Å². The molecular formula is C20H37IN4O3. The first-order valence-electron chi connectivity index (χ1n) is 9.37. The molecule has 0 bridgehead atoms. The van der Waals surface area contributed by atoms with Crippen LogP contribution in [0.25, 0.3) is 0 Å². The number of ether oxygens (including phenoxy) is 3. The van der Waals surface area contributed by atoms with Crippen molar-refractivity contribution in [2.75, 3.05) is 41.5 Å². The lowest BCUT2D eigenvalue weighted by Gasteiger charge is -2.30. The highest BCUT2D eigenvalue weighted by Crippen LogP contribution is 2.34. The molecule has 0 saturated heterocycles. The van der Waals surface area contributed by atoms with Crippen LogP contribution in [-0.4, -0.2) is 64.4 Å². The summed E-state index contributed by atoms with van der Waals surface area (Å²) in [6.07, 6.45) is 0. The minimum absolute atomic E-state index is 0. The molecule has 0 amide bonds. The average molecular weight is 508 g/mol. The van der Waals surface area contributed by atoms with Gasteiger partial charge in [-0.15, -0.1) is 24.0 Å². The fraction of sp³-hybridized carbons (Fsp3) is 0.650. The van der Waals surface area contributed by atoms with E-state index in [4.69, 9.17) is 14.2 Å². The summed E-state index contributed by atoms with van der Waals surface area (Å²) in [4.78, 5) is 6.74. The molecule has 0 atom stereocenters. The largest absolute Gasteiger partial charge is 0.496 e. The monoisotopic (exact) mass is 508 g/mol. The maximum Gasteiger partial charge on any atom is 0.191 e. The molecule has 0 aromatic heterocycles. The maximum atomic E-state index is 5.48. The van der Waals surface area contributed by atoms with Gasteiger partial charge >= 0.3 is 0 Å². The molecule has 0 radical (unpaired) electrons. The summed E-state index contributed by atoms with van der Waals surface area (Å²) in [5.41, 5.74) is 0.962. The van der Waals surface area contributed by atoms with Crippen LogP contribution in [0.4, 0.5) is 0 Å². The Bertz CT molecular complexity index is 601. The molecule has 162 valence electrons. The van der Waals surface area contributed by atoms with Crippen LogP contribution >= 0.6 is 24.0 Å². The molecule has 28 heavy (non-hydrogen) atoms. The van der Waals surface area contributed by atoms with E-state index in [1.807, 2.05) is 12.1 Å². The quantitative estimate of drug-likeness (QED) is 0.288. The second-order valence-corrected chi connectivity index (χ2v) is 6.80. The highest BCUT2D eigenvalue weighted by atomic mass is 127. The van der Waals surface area contributed by atoms with Crippen molar-refractivity contribution in [3.05, 3.63) is 17.7 Å². The van der Waals surface area contributed by atoms with Crippen LogP contribution in [0.2, 0.25) is 0 Å². The number of benzene rings is 1. The molecular weight excluding hydrogens is 471 g/mol. The van der Waals surface area contributed by atoms with E-state index in [1.54, 1.807) is 28.4 Å². The lowest BCUT2D eigenvalue weighted by Crippen LogP contribution is -2.45. The zero-order valence-electron chi connectivity index (χ0n) is 18.5. The molecule has 1 aromatic rings. The number of rotatable bonds is 10. The number of nitrogens with zero attached hydrogens (tertiary/aromatic N) is 2. The van der Waals surface area contributed by atoms with Gasteiger partial charge in [-0.25, -0.2) is 0 Å². The Morgan fingerprint density at radius 1 is 0.929 bits per heavy atom. The van der Waals surface area contributed by atoms with Crippen molar-refractivity contribution >= 4 is 29.9 Å². The number of aliphatic imine (C=N–C) groups is 1. The minimum Gasteiger partial charge on any atom is -0.496 e. The van der Waals surface area contributed by atoms with Crippen molar-refractivity contribution < 1.29 is 14.2 Å². The van der Waals surface area contributed by atoms with E-state index < -0.39 is 0 Å². The zero-order chi connectivity index (χ0) is 20.4. The number of nitrogens with one attached hydrogen (secondary N) is 2. The molecule has 0 spiro atoms. The predicted octanol–water partition coefficient (Wildman–Crippen LogP) is 3.11. The first-order chi connectivity index (χ1) is 12.9. The molecule has 0 heterocycles. The molecule has 0 aliphatic carbocycles. The smallest absolute Gasteiger partial charge is 0.191 e. The molecule has 0 unspecified atom stereocenters. The fourth-order valence-corrected chi connectivity index (χ4v) is 3.05. The van der Waals surface area contributed by atoms with E-state index in [2.05, 4.69) is 48.2 Å². The summed E-state index contributed by atoms with van der Waals surface area (Å²) in [5.74, 6) is 2.80. The van der Waals surface area contributed by atoms with Gasteiger partial charge < -0.3 is 24.8 Å². The Morgan fingerprint density at radius 3 is 1.93 bits per heavy atom. The van der Waals surface area contributed by atoms with E-state index in [0.717, 1.165) is 30.4 Å². The molecule has 0 aliphatic heterocycles. The molecule has 0 saturated carbocycles. The van der Waals surface area contributed by atoms with Crippen LogP contribution in [0.5, 0.6) is 17.2 Å². The summed E-state index contributed by atoms with van der Waals surface area (Å²) in [5, 5.41) is 6.69. The van der Waals surface area contributed by atoms with E-state index in [-0.39, 0.29) is 24.0 Å². The number of halogens is 1. The van der Waals surface area contributed by atoms with Gasteiger partial charge in [0.2, 0.25) is 0 Å². The topological polar surface area (TPSA) is 67.4 Å². The van der Waals surface area contributed by atoms with Crippen LogP contribution in [-0.2, 0) is 6.54 Å². The summed E-state index contributed by atoms with van der Waals surface area (Å²) in [7, 11) is 6.64. The first kappa shape index (κ1) is 26.6. The van der Waals surface area contributed by atoms with Gasteiger partial charge in [-0.05, 0) is 33.8 Å². The zero-order valence-corrected chi connectivity index (χ0v) is 20.8. The van der Waals surface area contributed by atoms with Crippen molar-refractivity contribution in [1.82, 2.24) is 15.5 Å². The van der Waals surface area contributed by atoms with Crippen molar-refractivity contribution in [1.29, 1.82) is 0 Å². The van der Waals surface area contributed by atoms with Crippen LogP contribution in [0.3, 0.4) is 0 Å². The summed E-state index contributed by atoms with van der Waals surface area (Å²) >= 11 is 0. The SMILES string of the molecule is CN=C(NCCN(C(C)C)C(C)C)NCc1cc(OC)c(OC)cc1OC.I. The lowest BCUT2D eigenvalue weighted by atomic mass is 10.1. The number of methoxy groups -OCH3 is 3.